The van der Waals surface area contributed by atoms with E-state index >= 15 is 0 Å². The van der Waals surface area contributed by atoms with Crippen molar-refractivity contribution in [2.45, 2.75) is 38.0 Å². The van der Waals surface area contributed by atoms with E-state index in [1.807, 2.05) is 0 Å². The second-order valence-corrected chi connectivity index (χ2v) is 4.88. The Morgan fingerprint density at radius 2 is 2.00 bits per heavy atom. The van der Waals surface area contributed by atoms with Crippen LogP contribution in [0.4, 0.5) is 4.39 Å². The van der Waals surface area contributed by atoms with Crippen molar-refractivity contribution in [1.29, 1.82) is 0 Å². The van der Waals surface area contributed by atoms with E-state index in [4.69, 9.17) is 9.84 Å². The summed E-state index contributed by atoms with van der Waals surface area (Å²) in [5, 5.41) is 28.6. The highest BCUT2D eigenvalue weighted by molar-refractivity contribution is 5.05. The number of halogens is 1. The monoisotopic (exact) mass is 303 g/mol. The molecule has 0 bridgehead atoms. The molecule has 8 nitrogen and oxygen atoms in total. The van der Waals surface area contributed by atoms with Gasteiger partial charge in [0.05, 0.1) is 13.2 Å². The van der Waals surface area contributed by atoms with E-state index in [9.17, 15) is 24.2 Å². The van der Waals surface area contributed by atoms with Gasteiger partial charge in [-0.25, -0.2) is 9.18 Å². The van der Waals surface area contributed by atoms with Crippen molar-refractivity contribution in [3.05, 3.63) is 32.6 Å². The lowest BCUT2D eigenvalue weighted by Crippen LogP contribution is -2.44. The Balaban J connectivity index is 2.50. The summed E-state index contributed by atoms with van der Waals surface area (Å²) in [7, 11) is 0. The molecule has 1 aromatic heterocycles. The van der Waals surface area contributed by atoms with Crippen LogP contribution in [0.25, 0.3) is 0 Å². The molecule has 0 aromatic carbocycles. The third kappa shape index (κ3) is 2.64. The van der Waals surface area contributed by atoms with Crippen LogP contribution in [-0.4, -0.2) is 56.0 Å². The maximum absolute atomic E-state index is 12.5. The summed E-state index contributed by atoms with van der Waals surface area (Å²) in [6.45, 7) is -0.399. The van der Waals surface area contributed by atoms with Gasteiger partial charge in [0.25, 0.3) is 5.56 Å². The summed E-state index contributed by atoms with van der Waals surface area (Å²) in [5.74, 6) is 0. The molecule has 0 radical (unpaired) electrons. The van der Waals surface area contributed by atoms with Gasteiger partial charge < -0.3 is 20.1 Å². The minimum atomic E-state index is -1.45. The Bertz CT molecular complexity index is 627. The van der Waals surface area contributed by atoms with E-state index < -0.39 is 55.6 Å². The molecule has 3 N–H and O–H groups in total. The van der Waals surface area contributed by atoms with Crippen molar-refractivity contribution in [3.63, 3.8) is 0 Å². The third-order valence-corrected chi connectivity index (χ3v) is 3.47. The number of aliphatic hydroxyl groups is 3. The van der Waals surface area contributed by atoms with Crippen molar-refractivity contribution < 1.29 is 24.4 Å². The maximum atomic E-state index is 12.5. The van der Waals surface area contributed by atoms with Crippen LogP contribution >= 0.6 is 0 Å². The van der Waals surface area contributed by atoms with Crippen LogP contribution in [0.5, 0.6) is 0 Å². The number of hydrogen-bond donors (Lipinski definition) is 3. The van der Waals surface area contributed by atoms with Gasteiger partial charge in [-0.2, -0.15) is 0 Å². The molecule has 4 atom stereocenters. The van der Waals surface area contributed by atoms with E-state index in [0.717, 1.165) is 4.57 Å². The van der Waals surface area contributed by atoms with Crippen LogP contribution in [0.1, 0.15) is 11.8 Å². The highest BCUT2D eigenvalue weighted by Gasteiger charge is 2.44. The number of rotatable bonds is 4. The van der Waals surface area contributed by atoms with E-state index in [0.29, 0.717) is 4.57 Å². The Labute approximate surface area is 118 Å². The third-order valence-electron chi connectivity index (χ3n) is 3.47. The first kappa shape index (κ1) is 15.8. The van der Waals surface area contributed by atoms with Gasteiger partial charge in [-0.1, -0.05) is 0 Å². The zero-order chi connectivity index (χ0) is 15.7. The molecule has 1 aromatic rings. The van der Waals surface area contributed by atoms with Crippen molar-refractivity contribution >= 4 is 0 Å². The summed E-state index contributed by atoms with van der Waals surface area (Å²) >= 11 is 0. The van der Waals surface area contributed by atoms with Gasteiger partial charge in [0.2, 0.25) is 0 Å². The van der Waals surface area contributed by atoms with Crippen LogP contribution in [0, 0.1) is 6.92 Å². The lowest BCUT2D eigenvalue weighted by molar-refractivity contribution is -0.0557. The Morgan fingerprint density at radius 3 is 2.52 bits per heavy atom. The minimum absolute atomic E-state index is 0.167. The molecule has 2 rings (SSSR count). The fourth-order valence-corrected chi connectivity index (χ4v) is 2.33. The number of aryl methyl sites for hydroxylation is 1. The fourth-order valence-electron chi connectivity index (χ4n) is 2.33. The second kappa shape index (κ2) is 6.06. The van der Waals surface area contributed by atoms with Gasteiger partial charge in [-0.05, 0) is 6.92 Å². The van der Waals surface area contributed by atoms with Crippen molar-refractivity contribution in [3.8, 4) is 0 Å². The van der Waals surface area contributed by atoms with Crippen LogP contribution in [0.3, 0.4) is 0 Å². The molecule has 1 saturated heterocycles. The van der Waals surface area contributed by atoms with Crippen LogP contribution in [0.2, 0.25) is 0 Å². The molecular weight excluding hydrogens is 286 g/mol. The highest BCUT2D eigenvalue weighted by atomic mass is 18.2. The predicted molar refractivity (Wildman–Crippen MR) is 68.7 cm³/mol. The fraction of sp³-hybridized carbons (Fsp3) is 0.667. The minimum Gasteiger partial charge on any atom is -0.394 e. The summed E-state index contributed by atoms with van der Waals surface area (Å²) < 4.78 is 19.3. The van der Waals surface area contributed by atoms with Gasteiger partial charge >= 0.3 is 5.69 Å². The lowest BCUT2D eigenvalue weighted by Gasteiger charge is -2.19. The zero-order valence-corrected chi connectivity index (χ0v) is 11.3. The summed E-state index contributed by atoms with van der Waals surface area (Å²) in [4.78, 5) is 24.0. The van der Waals surface area contributed by atoms with Crippen molar-refractivity contribution in [1.82, 2.24) is 9.13 Å². The molecule has 0 amide bonds. The predicted octanol–water partition coefficient (Wildman–Crippen LogP) is -2.10. The first-order valence-corrected chi connectivity index (χ1v) is 6.43. The molecule has 118 valence electrons. The maximum Gasteiger partial charge on any atom is 0.333 e. The summed E-state index contributed by atoms with van der Waals surface area (Å²) in [6.07, 6.45) is -3.93. The quantitative estimate of drug-likeness (QED) is 0.587. The van der Waals surface area contributed by atoms with Crippen LogP contribution in [-0.2, 0) is 11.3 Å². The second-order valence-electron chi connectivity index (χ2n) is 4.88. The number of ether oxygens (including phenoxy) is 1. The van der Waals surface area contributed by atoms with Crippen LogP contribution < -0.4 is 11.2 Å². The molecule has 0 aliphatic carbocycles. The average molecular weight is 303 g/mol. The molecule has 0 spiro atoms. The van der Waals surface area contributed by atoms with Crippen LogP contribution in [0.15, 0.2) is 15.8 Å². The molecule has 1 aliphatic rings. The topological polar surface area (TPSA) is 114 Å². The number of aromatic nitrogens is 2. The van der Waals surface area contributed by atoms with Gasteiger partial charge in [-0.3, -0.25) is 13.9 Å². The number of hydrogen-bond acceptors (Lipinski definition) is 6. The standard InChI is InChI=1S/C12H17FN2O6/c1-6-4-15(12(20)14(3-2-13)10(6)19)11-9(18)8(17)7(5-16)21-11/h4,7-9,11,16-18H,2-3,5H2,1H3/t7-,8-,9-,11-/m1/s1/i13-1. The molecule has 21 heavy (non-hydrogen) atoms. The van der Waals surface area contributed by atoms with E-state index in [1.165, 1.54) is 13.1 Å². The van der Waals surface area contributed by atoms with Gasteiger partial charge in [0.15, 0.2) is 6.23 Å². The largest absolute Gasteiger partial charge is 0.394 e. The molecule has 0 unspecified atom stereocenters. The highest BCUT2D eigenvalue weighted by Crippen LogP contribution is 2.27. The molecular formula is C12H17FN2O6. The number of nitrogens with zero attached hydrogens (tertiary/aromatic N) is 2. The Kier molecular flexibility index (Phi) is 4.57. The molecule has 2 heterocycles. The number of alkyl halides is 1. The first-order chi connectivity index (χ1) is 9.92. The molecule has 9 heteroatoms. The van der Waals surface area contributed by atoms with Gasteiger partial charge in [-0.15, -0.1) is 0 Å². The smallest absolute Gasteiger partial charge is 0.333 e. The first-order valence-electron chi connectivity index (χ1n) is 6.43. The van der Waals surface area contributed by atoms with Gasteiger partial charge in [0, 0.05) is 11.8 Å². The number of aliphatic hydroxyl groups excluding tert-OH is 3. The SMILES string of the molecule is Cc1cn([C@@H]2O[C@H](CO)[C@@H](O)[C@H]2O)c(=O)n(CC[18F])c1=O. The Morgan fingerprint density at radius 1 is 1.33 bits per heavy atom. The average Bonchev–Trinajstić information content (AvgIpc) is 2.75. The Hall–Kier alpha value is -1.55. The van der Waals surface area contributed by atoms with E-state index in [2.05, 4.69) is 0 Å². The van der Waals surface area contributed by atoms with Crippen molar-refractivity contribution in [2.75, 3.05) is 13.3 Å². The lowest BCUT2D eigenvalue weighted by atomic mass is 10.1. The molecule has 1 fully saturated rings. The van der Waals surface area contributed by atoms with E-state index in [-0.39, 0.29) is 5.56 Å². The van der Waals surface area contributed by atoms with Crippen molar-refractivity contribution in [2.24, 2.45) is 0 Å². The summed E-state index contributed by atoms with van der Waals surface area (Å²) in [6, 6.07) is 0. The van der Waals surface area contributed by atoms with E-state index in [1.54, 1.807) is 0 Å². The zero-order valence-electron chi connectivity index (χ0n) is 11.3. The molecule has 1 aliphatic heterocycles. The van der Waals surface area contributed by atoms with Gasteiger partial charge in [0.1, 0.15) is 25.0 Å². The molecule has 0 saturated carbocycles. The summed E-state index contributed by atoms with van der Waals surface area (Å²) in [5.41, 5.74) is -1.31. The normalized spacial score (nSPS) is 29.0.